The van der Waals surface area contributed by atoms with Crippen LogP contribution in [0.25, 0.3) is 0 Å². The molecule has 1 unspecified atom stereocenters. The lowest BCUT2D eigenvalue weighted by Crippen LogP contribution is -2.56. The van der Waals surface area contributed by atoms with Gasteiger partial charge >= 0.3 is 0 Å². The summed E-state index contributed by atoms with van der Waals surface area (Å²) in [5.74, 6) is -0.169. The van der Waals surface area contributed by atoms with E-state index in [0.717, 1.165) is 6.54 Å². The van der Waals surface area contributed by atoms with Crippen LogP contribution in [-0.4, -0.2) is 44.1 Å². The zero-order valence-corrected chi connectivity index (χ0v) is 10.5. The summed E-state index contributed by atoms with van der Waals surface area (Å²) >= 11 is 0. The van der Waals surface area contributed by atoms with Crippen LogP contribution in [0.2, 0.25) is 0 Å². The Morgan fingerprint density at radius 3 is 2.74 bits per heavy atom. The number of imide groups is 1. The quantitative estimate of drug-likeness (QED) is 0.667. The molecule has 0 radical (unpaired) electrons. The Bertz CT molecular complexity index is 430. The lowest BCUT2D eigenvalue weighted by molar-refractivity contribution is -0.132. The van der Waals surface area contributed by atoms with Gasteiger partial charge in [-0.25, -0.2) is 0 Å². The van der Waals surface area contributed by atoms with Crippen molar-refractivity contribution in [1.29, 1.82) is 0 Å². The molecule has 2 rings (SSSR count). The van der Waals surface area contributed by atoms with Crippen molar-refractivity contribution in [1.82, 2.24) is 16.0 Å². The van der Waals surface area contributed by atoms with Crippen LogP contribution in [-0.2, 0) is 9.59 Å². The van der Waals surface area contributed by atoms with Crippen LogP contribution in [0, 0.1) is 0 Å². The lowest BCUT2D eigenvalue weighted by Gasteiger charge is -2.23. The monoisotopic (exact) mass is 263 g/mol. The van der Waals surface area contributed by atoms with Crippen LogP contribution >= 0.6 is 0 Å². The number of carbonyl (C=O) groups excluding carboxylic acids is 2. The first-order chi connectivity index (χ1) is 9.25. The van der Waals surface area contributed by atoms with Crippen molar-refractivity contribution in [2.45, 2.75) is 6.04 Å². The van der Waals surface area contributed by atoms with E-state index < -0.39 is 5.91 Å². The maximum atomic E-state index is 11.7. The molecule has 1 heterocycles. The van der Waals surface area contributed by atoms with Gasteiger partial charge in [0.1, 0.15) is 5.75 Å². The molecule has 3 N–H and O–H groups in total. The van der Waals surface area contributed by atoms with E-state index in [2.05, 4.69) is 16.0 Å². The SMILES string of the molecule is O=C(COc1ccccc1)NC(=O)C1CNCCN1. The number of carbonyl (C=O) groups is 2. The van der Waals surface area contributed by atoms with Crippen molar-refractivity contribution in [2.24, 2.45) is 0 Å². The van der Waals surface area contributed by atoms with Gasteiger partial charge in [-0.2, -0.15) is 0 Å². The Morgan fingerprint density at radius 1 is 1.26 bits per heavy atom. The van der Waals surface area contributed by atoms with Crippen molar-refractivity contribution in [2.75, 3.05) is 26.2 Å². The fourth-order valence-corrected chi connectivity index (χ4v) is 1.76. The van der Waals surface area contributed by atoms with Crippen LogP contribution in [0.15, 0.2) is 30.3 Å². The van der Waals surface area contributed by atoms with Crippen LogP contribution in [0.4, 0.5) is 0 Å². The summed E-state index contributed by atoms with van der Waals surface area (Å²) in [5.41, 5.74) is 0. The van der Waals surface area contributed by atoms with Crippen LogP contribution in [0.5, 0.6) is 5.75 Å². The number of ether oxygens (including phenoxy) is 1. The summed E-state index contributed by atoms with van der Waals surface area (Å²) in [6.07, 6.45) is 0. The highest BCUT2D eigenvalue weighted by Gasteiger charge is 2.21. The van der Waals surface area contributed by atoms with E-state index in [4.69, 9.17) is 4.74 Å². The molecule has 0 aliphatic carbocycles. The Kier molecular flexibility index (Phi) is 4.88. The van der Waals surface area contributed by atoms with Gasteiger partial charge in [-0.1, -0.05) is 18.2 Å². The minimum Gasteiger partial charge on any atom is -0.484 e. The van der Waals surface area contributed by atoms with Gasteiger partial charge in [0.2, 0.25) is 5.91 Å². The number of benzene rings is 1. The zero-order valence-electron chi connectivity index (χ0n) is 10.5. The Labute approximate surface area is 111 Å². The average Bonchev–Trinajstić information content (AvgIpc) is 2.47. The van der Waals surface area contributed by atoms with Gasteiger partial charge in [0, 0.05) is 19.6 Å². The smallest absolute Gasteiger partial charge is 0.264 e. The van der Waals surface area contributed by atoms with Gasteiger partial charge in [0.05, 0.1) is 6.04 Å². The number of para-hydroxylation sites is 1. The first-order valence-electron chi connectivity index (χ1n) is 6.21. The van der Waals surface area contributed by atoms with E-state index in [0.29, 0.717) is 18.8 Å². The van der Waals surface area contributed by atoms with Crippen LogP contribution in [0.3, 0.4) is 0 Å². The highest BCUT2D eigenvalue weighted by atomic mass is 16.5. The number of rotatable bonds is 4. The summed E-state index contributed by atoms with van der Waals surface area (Å²) in [6.45, 7) is 1.90. The molecule has 0 saturated carbocycles. The van der Waals surface area contributed by atoms with Gasteiger partial charge < -0.3 is 15.4 Å². The molecule has 2 amide bonds. The molecule has 0 spiro atoms. The van der Waals surface area contributed by atoms with Crippen molar-refractivity contribution in [3.63, 3.8) is 0 Å². The molecule has 6 nitrogen and oxygen atoms in total. The van der Waals surface area contributed by atoms with E-state index in [9.17, 15) is 9.59 Å². The molecule has 1 aromatic carbocycles. The second-order valence-electron chi connectivity index (χ2n) is 4.22. The fourth-order valence-electron chi connectivity index (χ4n) is 1.76. The minimum atomic E-state index is -0.443. The van der Waals surface area contributed by atoms with E-state index in [1.165, 1.54) is 0 Å². The minimum absolute atomic E-state index is 0.171. The van der Waals surface area contributed by atoms with Crippen molar-refractivity contribution >= 4 is 11.8 Å². The number of nitrogens with one attached hydrogen (secondary N) is 3. The first-order valence-corrected chi connectivity index (χ1v) is 6.21. The lowest BCUT2D eigenvalue weighted by atomic mass is 10.2. The predicted molar refractivity (Wildman–Crippen MR) is 69.7 cm³/mol. The number of amides is 2. The van der Waals surface area contributed by atoms with Gasteiger partial charge in [-0.3, -0.25) is 14.9 Å². The van der Waals surface area contributed by atoms with Crippen molar-refractivity contribution in [3.8, 4) is 5.75 Å². The Balaban J connectivity index is 1.73. The van der Waals surface area contributed by atoms with E-state index >= 15 is 0 Å². The second-order valence-corrected chi connectivity index (χ2v) is 4.22. The molecule has 19 heavy (non-hydrogen) atoms. The third kappa shape index (κ3) is 4.35. The largest absolute Gasteiger partial charge is 0.484 e. The molecular weight excluding hydrogens is 246 g/mol. The summed E-state index contributed by atoms with van der Waals surface area (Å²) in [5, 5.41) is 8.43. The summed E-state index contributed by atoms with van der Waals surface area (Å²) < 4.78 is 5.26. The predicted octanol–water partition coefficient (Wildman–Crippen LogP) is -0.730. The summed E-state index contributed by atoms with van der Waals surface area (Å²) in [4.78, 5) is 23.3. The molecule has 0 bridgehead atoms. The van der Waals surface area contributed by atoms with E-state index in [1.54, 1.807) is 12.1 Å². The van der Waals surface area contributed by atoms with E-state index in [-0.39, 0.29) is 18.6 Å². The van der Waals surface area contributed by atoms with Gasteiger partial charge in [-0.15, -0.1) is 0 Å². The number of hydrogen-bond acceptors (Lipinski definition) is 5. The molecular formula is C13H17N3O3. The molecule has 1 fully saturated rings. The van der Waals surface area contributed by atoms with Crippen molar-refractivity contribution in [3.05, 3.63) is 30.3 Å². The normalized spacial score (nSPS) is 18.6. The molecule has 6 heteroatoms. The standard InChI is InChI=1S/C13H17N3O3/c17-12(9-19-10-4-2-1-3-5-10)16-13(18)11-8-14-6-7-15-11/h1-5,11,14-15H,6-9H2,(H,16,17,18). The second kappa shape index (κ2) is 6.86. The summed E-state index contributed by atoms with van der Waals surface area (Å²) in [6, 6.07) is 8.63. The Hall–Kier alpha value is -1.92. The maximum Gasteiger partial charge on any atom is 0.264 e. The highest BCUT2D eigenvalue weighted by Crippen LogP contribution is 2.07. The first kappa shape index (κ1) is 13.5. The van der Waals surface area contributed by atoms with Gasteiger partial charge in [0.15, 0.2) is 6.61 Å². The van der Waals surface area contributed by atoms with Crippen LogP contribution < -0.4 is 20.7 Å². The molecule has 1 aliphatic rings. The van der Waals surface area contributed by atoms with Crippen molar-refractivity contribution < 1.29 is 14.3 Å². The Morgan fingerprint density at radius 2 is 2.05 bits per heavy atom. The molecule has 102 valence electrons. The van der Waals surface area contributed by atoms with Crippen LogP contribution in [0.1, 0.15) is 0 Å². The topological polar surface area (TPSA) is 79.5 Å². The number of hydrogen-bond donors (Lipinski definition) is 3. The fraction of sp³-hybridized carbons (Fsp3) is 0.385. The molecule has 1 aliphatic heterocycles. The van der Waals surface area contributed by atoms with Gasteiger partial charge in [-0.05, 0) is 12.1 Å². The third-order valence-corrected chi connectivity index (χ3v) is 2.73. The third-order valence-electron chi connectivity index (χ3n) is 2.73. The molecule has 1 aromatic rings. The molecule has 1 atom stereocenters. The molecule has 1 saturated heterocycles. The highest BCUT2D eigenvalue weighted by molar-refractivity contribution is 5.98. The molecule has 0 aromatic heterocycles. The number of piperazine rings is 1. The summed E-state index contributed by atoms with van der Waals surface area (Å²) in [7, 11) is 0. The average molecular weight is 263 g/mol. The zero-order chi connectivity index (χ0) is 13.5. The van der Waals surface area contributed by atoms with Gasteiger partial charge in [0.25, 0.3) is 5.91 Å². The maximum absolute atomic E-state index is 11.7. The van der Waals surface area contributed by atoms with E-state index in [1.807, 2.05) is 18.2 Å².